The number of anilines is 1. The number of nitrogens with zero attached hydrogens (tertiary/aromatic N) is 4. The molecule has 5 rings (SSSR count). The third-order valence-electron chi connectivity index (χ3n) is 8.28. The van der Waals surface area contributed by atoms with Crippen LogP contribution in [-0.2, 0) is 0 Å². The van der Waals surface area contributed by atoms with Crippen LogP contribution in [0.1, 0.15) is 98.7 Å². The number of rotatable bonds is 7. The molecule has 1 saturated heterocycles. The zero-order chi connectivity index (χ0) is 25.9. The maximum atomic E-state index is 13.1. The maximum absolute atomic E-state index is 13.1. The van der Waals surface area contributed by atoms with Crippen LogP contribution in [-0.4, -0.2) is 55.7 Å². The van der Waals surface area contributed by atoms with Gasteiger partial charge in [0.15, 0.2) is 0 Å². The van der Waals surface area contributed by atoms with Crippen molar-refractivity contribution in [1.82, 2.24) is 19.4 Å². The second kappa shape index (κ2) is 11.2. The molecule has 7 nitrogen and oxygen atoms in total. The predicted octanol–water partition coefficient (Wildman–Crippen LogP) is 5.84. The first-order valence-corrected chi connectivity index (χ1v) is 14.1. The molecule has 0 spiro atoms. The van der Waals surface area contributed by atoms with Gasteiger partial charge in [0.25, 0.3) is 5.91 Å². The van der Waals surface area contributed by atoms with Crippen LogP contribution >= 0.6 is 0 Å². The first-order valence-electron chi connectivity index (χ1n) is 14.1. The van der Waals surface area contributed by atoms with Crippen LogP contribution in [0.25, 0.3) is 11.0 Å². The molecule has 2 N–H and O–H groups in total. The van der Waals surface area contributed by atoms with Crippen LogP contribution in [0, 0.1) is 6.92 Å². The third kappa shape index (κ3) is 5.66. The Kier molecular flexibility index (Phi) is 7.79. The number of piperidine rings is 1. The monoisotopic (exact) mass is 503 g/mol. The maximum Gasteiger partial charge on any atom is 0.253 e. The van der Waals surface area contributed by atoms with Gasteiger partial charge in [-0.15, -0.1) is 0 Å². The minimum Gasteiger partial charge on any atom is -0.393 e. The molecule has 1 aromatic carbocycles. The number of likely N-dealkylation sites (tertiary alicyclic amines) is 1. The molecular weight excluding hydrogens is 462 g/mol. The summed E-state index contributed by atoms with van der Waals surface area (Å²) in [5, 5.41) is 14.7. The van der Waals surface area contributed by atoms with E-state index in [1.165, 1.54) is 11.1 Å². The first-order chi connectivity index (χ1) is 17.9. The smallest absolute Gasteiger partial charge is 0.253 e. The summed E-state index contributed by atoms with van der Waals surface area (Å²) in [6.45, 7) is 7.93. The Labute approximate surface area is 220 Å². The molecule has 3 aromatic rings. The number of aromatic nitrogens is 3. The minimum atomic E-state index is -0.185. The molecule has 1 atom stereocenters. The van der Waals surface area contributed by atoms with E-state index >= 15 is 0 Å². The second-order valence-corrected chi connectivity index (χ2v) is 11.2. The Morgan fingerprint density at radius 1 is 1.11 bits per heavy atom. The highest BCUT2D eigenvalue weighted by Crippen LogP contribution is 2.38. The van der Waals surface area contributed by atoms with E-state index in [4.69, 9.17) is 9.97 Å². The largest absolute Gasteiger partial charge is 0.393 e. The fraction of sp³-hybridized carbons (Fsp3) is 0.567. The molecule has 198 valence electrons. The van der Waals surface area contributed by atoms with Gasteiger partial charge < -0.3 is 19.9 Å². The van der Waals surface area contributed by atoms with Crippen molar-refractivity contribution < 1.29 is 9.90 Å². The standard InChI is InChI=1S/C30H41N5O2/c1-4-5-21(3)32-30-31-18-26-27(19-35(28(26)33-30)24-10-12-25(36)13-11-24)22-14-16-34(17-15-22)29(37)23-8-6-20(2)7-9-23/h6-9,18-19,21-22,24-25,36H,4-5,10-17H2,1-3H3,(H,31,32,33)/t21-,24?,25?/m0/s1. The van der Waals surface area contributed by atoms with Crippen LogP contribution < -0.4 is 5.32 Å². The Balaban J connectivity index is 1.38. The molecule has 1 aliphatic carbocycles. The van der Waals surface area contributed by atoms with Crippen molar-refractivity contribution in [1.29, 1.82) is 0 Å². The molecule has 0 radical (unpaired) electrons. The second-order valence-electron chi connectivity index (χ2n) is 11.2. The lowest BCUT2D eigenvalue weighted by atomic mass is 9.89. The topological polar surface area (TPSA) is 83.3 Å². The van der Waals surface area contributed by atoms with E-state index in [1.807, 2.05) is 42.3 Å². The molecule has 7 heteroatoms. The molecular formula is C30H41N5O2. The van der Waals surface area contributed by atoms with E-state index in [0.29, 0.717) is 23.9 Å². The minimum absolute atomic E-state index is 0.127. The lowest BCUT2D eigenvalue weighted by Gasteiger charge is -2.32. The van der Waals surface area contributed by atoms with Gasteiger partial charge in [-0.3, -0.25) is 4.79 Å². The van der Waals surface area contributed by atoms with Crippen molar-refractivity contribution >= 4 is 22.9 Å². The van der Waals surface area contributed by atoms with E-state index in [1.54, 1.807) is 0 Å². The SMILES string of the molecule is CCC[C@H](C)Nc1ncc2c(C3CCN(C(=O)c4ccc(C)cc4)CC3)cn(C3CCC(O)CC3)c2n1. The molecule has 1 amide bonds. The Hall–Kier alpha value is -2.93. The number of aliphatic hydroxyl groups excluding tert-OH is 1. The summed E-state index contributed by atoms with van der Waals surface area (Å²) in [4.78, 5) is 24.8. The van der Waals surface area contributed by atoms with Crippen molar-refractivity contribution in [3.05, 3.63) is 53.3 Å². The molecule has 2 aliphatic rings. The predicted molar refractivity (Wildman–Crippen MR) is 148 cm³/mol. The summed E-state index contributed by atoms with van der Waals surface area (Å²) in [6, 6.07) is 8.55. The van der Waals surface area contributed by atoms with E-state index in [0.717, 1.165) is 81.1 Å². The number of hydrogen-bond acceptors (Lipinski definition) is 5. The van der Waals surface area contributed by atoms with Gasteiger partial charge in [-0.05, 0) is 82.4 Å². The van der Waals surface area contributed by atoms with Crippen molar-refractivity contribution in [2.24, 2.45) is 0 Å². The summed E-state index contributed by atoms with van der Waals surface area (Å²) in [5.41, 5.74) is 4.23. The van der Waals surface area contributed by atoms with Gasteiger partial charge in [0.05, 0.1) is 6.10 Å². The van der Waals surface area contributed by atoms with E-state index in [9.17, 15) is 9.90 Å². The number of aliphatic hydroxyl groups is 1. The van der Waals surface area contributed by atoms with Crippen molar-refractivity contribution in [3.63, 3.8) is 0 Å². The number of nitrogens with one attached hydrogen (secondary N) is 1. The Morgan fingerprint density at radius 2 is 1.81 bits per heavy atom. The van der Waals surface area contributed by atoms with Crippen LogP contribution in [0.3, 0.4) is 0 Å². The van der Waals surface area contributed by atoms with E-state index in [2.05, 4.69) is 29.9 Å². The zero-order valence-electron chi connectivity index (χ0n) is 22.5. The summed E-state index contributed by atoms with van der Waals surface area (Å²) >= 11 is 0. The lowest BCUT2D eigenvalue weighted by molar-refractivity contribution is 0.0713. The van der Waals surface area contributed by atoms with Gasteiger partial charge in [-0.2, -0.15) is 4.98 Å². The summed E-state index contributed by atoms with van der Waals surface area (Å²) < 4.78 is 2.36. The quantitative estimate of drug-likeness (QED) is 0.423. The number of aryl methyl sites for hydroxylation is 1. The highest BCUT2D eigenvalue weighted by molar-refractivity contribution is 5.94. The molecule has 3 heterocycles. The van der Waals surface area contributed by atoms with Crippen LogP contribution in [0.2, 0.25) is 0 Å². The lowest BCUT2D eigenvalue weighted by Crippen LogP contribution is -2.37. The van der Waals surface area contributed by atoms with E-state index in [-0.39, 0.29) is 12.0 Å². The highest BCUT2D eigenvalue weighted by atomic mass is 16.3. The van der Waals surface area contributed by atoms with Gasteiger partial charge in [-0.25, -0.2) is 4.98 Å². The molecule has 2 aromatic heterocycles. The first kappa shape index (κ1) is 25.7. The average Bonchev–Trinajstić information content (AvgIpc) is 3.28. The normalized spacial score (nSPS) is 21.8. The van der Waals surface area contributed by atoms with E-state index < -0.39 is 0 Å². The van der Waals surface area contributed by atoms with Gasteiger partial charge in [0, 0.05) is 48.5 Å². The fourth-order valence-corrected chi connectivity index (χ4v) is 6.06. The average molecular weight is 504 g/mol. The molecule has 0 unspecified atom stereocenters. The summed E-state index contributed by atoms with van der Waals surface area (Å²) in [7, 11) is 0. The highest BCUT2D eigenvalue weighted by Gasteiger charge is 2.29. The third-order valence-corrected chi connectivity index (χ3v) is 8.28. The van der Waals surface area contributed by atoms with Crippen molar-refractivity contribution in [3.8, 4) is 0 Å². The number of carbonyl (C=O) groups excluding carboxylic acids is 1. The Morgan fingerprint density at radius 3 is 2.49 bits per heavy atom. The number of amides is 1. The molecule has 1 saturated carbocycles. The van der Waals surface area contributed by atoms with Crippen molar-refractivity contribution in [2.75, 3.05) is 18.4 Å². The van der Waals surface area contributed by atoms with Crippen LogP contribution in [0.5, 0.6) is 0 Å². The number of hydrogen-bond donors (Lipinski definition) is 2. The molecule has 0 bridgehead atoms. The van der Waals surface area contributed by atoms with Crippen LogP contribution in [0.15, 0.2) is 36.7 Å². The van der Waals surface area contributed by atoms with Gasteiger partial charge in [0.1, 0.15) is 5.65 Å². The van der Waals surface area contributed by atoms with Crippen LogP contribution in [0.4, 0.5) is 5.95 Å². The zero-order valence-corrected chi connectivity index (χ0v) is 22.5. The van der Waals surface area contributed by atoms with Crippen molar-refractivity contribution in [2.45, 2.75) is 96.2 Å². The summed E-state index contributed by atoms with van der Waals surface area (Å²) in [5.74, 6) is 1.19. The Bertz CT molecular complexity index is 1200. The van der Waals surface area contributed by atoms with Gasteiger partial charge in [0.2, 0.25) is 5.95 Å². The molecule has 1 aliphatic heterocycles. The number of carbonyl (C=O) groups is 1. The summed E-state index contributed by atoms with van der Waals surface area (Å²) in [6.07, 6.45) is 11.8. The van der Waals surface area contributed by atoms with Gasteiger partial charge in [-0.1, -0.05) is 31.0 Å². The number of fused-ring (bicyclic) bond motifs is 1. The molecule has 2 fully saturated rings. The molecule has 37 heavy (non-hydrogen) atoms. The number of benzene rings is 1. The fourth-order valence-electron chi connectivity index (χ4n) is 6.06. The van der Waals surface area contributed by atoms with Gasteiger partial charge >= 0.3 is 0 Å².